The van der Waals surface area contributed by atoms with Crippen LogP contribution in [0.25, 0.3) is 0 Å². The van der Waals surface area contributed by atoms with Crippen molar-refractivity contribution in [2.75, 3.05) is 26.7 Å². The van der Waals surface area contributed by atoms with Gasteiger partial charge < -0.3 is 24.7 Å². The number of rotatable bonds is 5. The van der Waals surface area contributed by atoms with Gasteiger partial charge in [-0.2, -0.15) is 0 Å². The van der Waals surface area contributed by atoms with Crippen LogP contribution >= 0.6 is 0 Å². The van der Waals surface area contributed by atoms with Crippen LogP contribution < -0.4 is 4.74 Å². The lowest BCUT2D eigenvalue weighted by molar-refractivity contribution is -0.136. The summed E-state index contributed by atoms with van der Waals surface area (Å²) in [5.41, 5.74) is -0.177. The first kappa shape index (κ1) is 27.4. The molecule has 1 aliphatic heterocycles. The van der Waals surface area contributed by atoms with Crippen molar-refractivity contribution in [3.63, 3.8) is 0 Å². The Morgan fingerprint density at radius 2 is 1.97 bits per heavy atom. The summed E-state index contributed by atoms with van der Waals surface area (Å²) >= 11 is 0. The number of fused-ring (bicyclic) bond motifs is 1. The molecule has 2 amide bonds. The number of nitrogens with zero attached hydrogens (tertiary/aromatic N) is 3. The van der Waals surface area contributed by atoms with Gasteiger partial charge in [0.1, 0.15) is 17.3 Å². The summed E-state index contributed by atoms with van der Waals surface area (Å²) in [6.45, 7) is 4.42. The number of carbonyl (C=O) groups excluding carboxylic acids is 2. The molecule has 1 aromatic rings. The summed E-state index contributed by atoms with van der Waals surface area (Å²) in [6.07, 6.45) is 9.64. The van der Waals surface area contributed by atoms with Crippen molar-refractivity contribution < 1.29 is 24.5 Å². The monoisotopic (exact) mass is 511 g/mol. The highest BCUT2D eigenvalue weighted by molar-refractivity contribution is 5.97. The average Bonchev–Trinajstić information content (AvgIpc) is 3.35. The number of amides is 2. The molecule has 0 aromatic carbocycles. The molecule has 0 saturated heterocycles. The number of hydrogen-bond acceptors (Lipinski definition) is 6. The van der Waals surface area contributed by atoms with Gasteiger partial charge in [-0.3, -0.25) is 9.59 Å². The summed E-state index contributed by atoms with van der Waals surface area (Å²) in [4.78, 5) is 34.6. The number of ether oxygens (including phenoxy) is 1. The number of aliphatic hydroxyl groups excluding tert-OH is 1. The van der Waals surface area contributed by atoms with Crippen LogP contribution in [-0.2, 0) is 4.79 Å². The van der Waals surface area contributed by atoms with E-state index in [1.165, 1.54) is 6.42 Å². The van der Waals surface area contributed by atoms with Gasteiger partial charge in [-0.25, -0.2) is 4.98 Å². The van der Waals surface area contributed by atoms with E-state index in [1.54, 1.807) is 22.1 Å². The van der Waals surface area contributed by atoms with Crippen LogP contribution in [-0.4, -0.2) is 81.3 Å². The third-order valence-corrected chi connectivity index (χ3v) is 8.18. The second-order valence-corrected chi connectivity index (χ2v) is 11.2. The van der Waals surface area contributed by atoms with Crippen molar-refractivity contribution in [2.45, 2.75) is 89.4 Å². The first-order valence-corrected chi connectivity index (χ1v) is 13.8. The molecule has 0 spiro atoms. The maximum atomic E-state index is 13.6. The molecule has 0 unspecified atom stereocenters. The molecule has 2 N–H and O–H groups in total. The zero-order chi connectivity index (χ0) is 26.6. The quantitative estimate of drug-likeness (QED) is 0.589. The molecule has 1 aromatic heterocycles. The second-order valence-electron chi connectivity index (χ2n) is 11.2. The highest BCUT2D eigenvalue weighted by Gasteiger charge is 2.36. The van der Waals surface area contributed by atoms with Crippen LogP contribution in [0.2, 0.25) is 0 Å². The summed E-state index contributed by atoms with van der Waals surface area (Å²) in [7, 11) is 1.83. The Hall–Kier alpha value is -2.63. The van der Waals surface area contributed by atoms with Crippen molar-refractivity contribution >= 4 is 11.8 Å². The molecule has 8 heteroatoms. The van der Waals surface area contributed by atoms with Gasteiger partial charge in [-0.05, 0) is 51.5 Å². The third-order valence-electron chi connectivity index (χ3n) is 8.18. The van der Waals surface area contributed by atoms with E-state index in [0.717, 1.165) is 38.5 Å². The Labute approximate surface area is 220 Å². The van der Waals surface area contributed by atoms with E-state index < -0.39 is 11.6 Å². The van der Waals surface area contributed by atoms with E-state index in [0.29, 0.717) is 31.5 Å². The van der Waals surface area contributed by atoms with Crippen LogP contribution in [0.4, 0.5) is 0 Å². The van der Waals surface area contributed by atoms with Crippen molar-refractivity contribution in [3.05, 3.63) is 23.4 Å². The molecule has 202 valence electrons. The molecular weight excluding hydrogens is 470 g/mol. The van der Waals surface area contributed by atoms with Gasteiger partial charge in [0.2, 0.25) is 11.8 Å². The van der Waals surface area contributed by atoms with Crippen molar-refractivity contribution in [1.82, 2.24) is 14.8 Å². The fourth-order valence-electron chi connectivity index (χ4n) is 5.68. The van der Waals surface area contributed by atoms with Crippen LogP contribution in [0.5, 0.6) is 5.88 Å². The number of carbonyl (C=O) groups is 2. The molecule has 0 radical (unpaired) electrons. The molecule has 2 fully saturated rings. The maximum absolute atomic E-state index is 13.6. The Morgan fingerprint density at radius 3 is 2.65 bits per heavy atom. The minimum atomic E-state index is -0.988. The van der Waals surface area contributed by atoms with Gasteiger partial charge in [0.15, 0.2) is 0 Å². The molecule has 0 bridgehead atoms. The van der Waals surface area contributed by atoms with Crippen molar-refractivity contribution in [3.8, 4) is 17.7 Å². The van der Waals surface area contributed by atoms with E-state index in [1.807, 2.05) is 20.9 Å². The van der Waals surface area contributed by atoms with E-state index in [-0.39, 0.29) is 47.8 Å². The Bertz CT molecular complexity index is 1040. The SMILES string of the molecule is C[C@@H]1CN([C@@H](C)CO)C(=O)c2cc(C#CC3(O)CCCC3)cnc2O[C@H]1CN(C)C(=O)C1CCCCC1. The fourth-order valence-corrected chi connectivity index (χ4v) is 5.68. The minimum Gasteiger partial charge on any atom is -0.472 e. The van der Waals surface area contributed by atoms with Gasteiger partial charge in [0.05, 0.1) is 19.2 Å². The summed E-state index contributed by atoms with van der Waals surface area (Å²) in [5.74, 6) is 6.03. The first-order valence-electron chi connectivity index (χ1n) is 13.8. The highest BCUT2D eigenvalue weighted by Crippen LogP contribution is 2.30. The van der Waals surface area contributed by atoms with Crippen LogP contribution in [0.3, 0.4) is 0 Å². The van der Waals surface area contributed by atoms with E-state index in [4.69, 9.17) is 4.74 Å². The molecule has 3 atom stereocenters. The summed E-state index contributed by atoms with van der Waals surface area (Å²) in [6, 6.07) is 1.27. The number of hydrogen-bond donors (Lipinski definition) is 2. The van der Waals surface area contributed by atoms with Gasteiger partial charge in [0, 0.05) is 37.2 Å². The fraction of sp³-hybridized carbons (Fsp3) is 0.690. The van der Waals surface area contributed by atoms with E-state index in [2.05, 4.69) is 16.8 Å². The summed E-state index contributed by atoms with van der Waals surface area (Å²) < 4.78 is 6.33. The number of aliphatic hydroxyl groups is 2. The molecule has 37 heavy (non-hydrogen) atoms. The van der Waals surface area contributed by atoms with Gasteiger partial charge in [-0.15, -0.1) is 0 Å². The molecule has 4 rings (SSSR count). The molecule has 3 aliphatic rings. The number of aromatic nitrogens is 1. The van der Waals surface area contributed by atoms with Gasteiger partial charge >= 0.3 is 0 Å². The predicted molar refractivity (Wildman–Crippen MR) is 140 cm³/mol. The Morgan fingerprint density at radius 1 is 1.27 bits per heavy atom. The molecule has 8 nitrogen and oxygen atoms in total. The van der Waals surface area contributed by atoms with Gasteiger partial charge in [0.25, 0.3) is 5.91 Å². The number of likely N-dealkylation sites (N-methyl/N-ethyl adjacent to an activating group) is 1. The molecular formula is C29H41N3O5. The van der Waals surface area contributed by atoms with Crippen LogP contribution in [0.15, 0.2) is 12.3 Å². The zero-order valence-electron chi connectivity index (χ0n) is 22.4. The van der Waals surface area contributed by atoms with Crippen LogP contribution in [0, 0.1) is 23.7 Å². The number of pyridine rings is 1. The predicted octanol–water partition coefficient (Wildman–Crippen LogP) is 3.00. The smallest absolute Gasteiger partial charge is 0.259 e. The first-order chi connectivity index (χ1) is 17.7. The van der Waals surface area contributed by atoms with Crippen molar-refractivity contribution in [2.24, 2.45) is 11.8 Å². The Balaban J connectivity index is 1.61. The average molecular weight is 512 g/mol. The van der Waals surface area contributed by atoms with E-state index >= 15 is 0 Å². The van der Waals surface area contributed by atoms with Gasteiger partial charge in [-0.1, -0.05) is 38.0 Å². The minimum absolute atomic E-state index is 0.0660. The molecule has 2 saturated carbocycles. The summed E-state index contributed by atoms with van der Waals surface area (Å²) in [5, 5.41) is 20.5. The maximum Gasteiger partial charge on any atom is 0.259 e. The van der Waals surface area contributed by atoms with Crippen LogP contribution in [0.1, 0.15) is 87.6 Å². The lowest BCUT2D eigenvalue weighted by Crippen LogP contribution is -2.51. The highest BCUT2D eigenvalue weighted by atomic mass is 16.5. The Kier molecular flexibility index (Phi) is 8.76. The lowest BCUT2D eigenvalue weighted by atomic mass is 9.88. The molecule has 2 aliphatic carbocycles. The standard InChI is InChI=1S/C29H41N3O5/c1-20-17-32(21(2)19-33)28(35)24-15-22(11-14-29(36)12-7-8-13-29)16-30-26(24)37-25(20)18-31(3)27(34)23-9-5-4-6-10-23/h15-16,20-21,23,25,33,36H,4-10,12-13,17-19H2,1-3H3/t20-,21+,25+/m1/s1. The largest absolute Gasteiger partial charge is 0.472 e. The zero-order valence-corrected chi connectivity index (χ0v) is 22.4. The topological polar surface area (TPSA) is 103 Å². The van der Waals surface area contributed by atoms with Crippen molar-refractivity contribution in [1.29, 1.82) is 0 Å². The second kappa shape index (κ2) is 11.8. The third kappa shape index (κ3) is 6.45. The normalized spacial score (nSPS) is 24.7. The molecule has 2 heterocycles. The lowest BCUT2D eigenvalue weighted by Gasteiger charge is -2.38. The van der Waals surface area contributed by atoms with E-state index in [9.17, 15) is 19.8 Å².